The van der Waals surface area contributed by atoms with Crippen LogP contribution in [0.4, 0.5) is 11.4 Å². The normalized spacial score (nSPS) is 23.4. The van der Waals surface area contributed by atoms with Gasteiger partial charge in [-0.1, -0.05) is 13.3 Å². The fourth-order valence-corrected chi connectivity index (χ4v) is 3.63. The first-order chi connectivity index (χ1) is 10.4. The lowest BCUT2D eigenvalue weighted by atomic mass is 10.1. The van der Waals surface area contributed by atoms with Gasteiger partial charge in [0.05, 0.1) is 0 Å². The lowest BCUT2D eigenvalue weighted by Crippen LogP contribution is -2.50. The first kappa shape index (κ1) is 14.7. The minimum atomic E-state index is 0.658. The smallest absolute Gasteiger partial charge is 0.0368 e. The van der Waals surface area contributed by atoms with E-state index in [-0.39, 0.29) is 0 Å². The zero-order valence-electron chi connectivity index (χ0n) is 13.4. The van der Waals surface area contributed by atoms with E-state index in [1.165, 1.54) is 56.6 Å². The van der Waals surface area contributed by atoms with Gasteiger partial charge in [0.2, 0.25) is 0 Å². The summed E-state index contributed by atoms with van der Waals surface area (Å²) in [6, 6.07) is 9.93. The number of piperidine rings is 1. The Kier molecular flexibility index (Phi) is 5.02. The third-order valence-corrected chi connectivity index (χ3v) is 4.83. The minimum absolute atomic E-state index is 0.658. The number of rotatable bonds is 4. The number of nitrogens with zero attached hydrogens (tertiary/aromatic N) is 2. The van der Waals surface area contributed by atoms with Crippen molar-refractivity contribution in [1.82, 2.24) is 5.32 Å². The van der Waals surface area contributed by atoms with Crippen molar-refractivity contribution in [3.05, 3.63) is 24.3 Å². The van der Waals surface area contributed by atoms with E-state index in [1.54, 1.807) is 0 Å². The molecule has 0 bridgehead atoms. The highest BCUT2D eigenvalue weighted by molar-refractivity contribution is 5.56. The van der Waals surface area contributed by atoms with Crippen LogP contribution >= 0.6 is 0 Å². The summed E-state index contributed by atoms with van der Waals surface area (Å²) >= 11 is 0. The van der Waals surface area contributed by atoms with Crippen LogP contribution in [0.5, 0.6) is 0 Å². The van der Waals surface area contributed by atoms with Gasteiger partial charge >= 0.3 is 0 Å². The van der Waals surface area contributed by atoms with Gasteiger partial charge in [0.15, 0.2) is 0 Å². The maximum absolute atomic E-state index is 3.63. The SMILES string of the molecule is CCCC1CN(c2ccc(N3CCCCC3)cc2)CCN1. The van der Waals surface area contributed by atoms with Gasteiger partial charge in [0.25, 0.3) is 0 Å². The van der Waals surface area contributed by atoms with Gasteiger partial charge < -0.3 is 15.1 Å². The van der Waals surface area contributed by atoms with Crippen LogP contribution in [0.3, 0.4) is 0 Å². The Morgan fingerprint density at radius 3 is 2.29 bits per heavy atom. The highest BCUT2D eigenvalue weighted by Gasteiger charge is 2.19. The topological polar surface area (TPSA) is 18.5 Å². The lowest BCUT2D eigenvalue weighted by molar-refractivity contribution is 0.431. The molecule has 0 spiro atoms. The Morgan fingerprint density at radius 1 is 0.952 bits per heavy atom. The second-order valence-electron chi connectivity index (χ2n) is 6.45. The fourth-order valence-electron chi connectivity index (χ4n) is 3.63. The van der Waals surface area contributed by atoms with Crippen molar-refractivity contribution in [2.24, 2.45) is 0 Å². The van der Waals surface area contributed by atoms with Gasteiger partial charge in [-0.2, -0.15) is 0 Å². The number of anilines is 2. The first-order valence-electron chi connectivity index (χ1n) is 8.70. The van der Waals surface area contributed by atoms with Crippen LogP contribution in [0, 0.1) is 0 Å². The van der Waals surface area contributed by atoms with Crippen molar-refractivity contribution in [2.75, 3.05) is 42.5 Å². The molecule has 1 unspecified atom stereocenters. The van der Waals surface area contributed by atoms with Crippen LogP contribution in [0.2, 0.25) is 0 Å². The van der Waals surface area contributed by atoms with E-state index in [4.69, 9.17) is 0 Å². The zero-order valence-corrected chi connectivity index (χ0v) is 13.4. The van der Waals surface area contributed by atoms with E-state index in [2.05, 4.69) is 46.3 Å². The largest absolute Gasteiger partial charge is 0.372 e. The molecule has 1 aromatic carbocycles. The van der Waals surface area contributed by atoms with Crippen LogP contribution in [-0.4, -0.2) is 38.8 Å². The average molecular weight is 287 g/mol. The van der Waals surface area contributed by atoms with Gasteiger partial charge in [0.1, 0.15) is 0 Å². The average Bonchev–Trinajstić information content (AvgIpc) is 2.56. The Balaban J connectivity index is 1.63. The summed E-state index contributed by atoms with van der Waals surface area (Å²) in [6.07, 6.45) is 6.63. The van der Waals surface area contributed by atoms with Gasteiger partial charge in [-0.3, -0.25) is 0 Å². The highest BCUT2D eigenvalue weighted by atomic mass is 15.2. The summed E-state index contributed by atoms with van der Waals surface area (Å²) in [6.45, 7) is 8.11. The number of benzene rings is 1. The van der Waals surface area contributed by atoms with Crippen molar-refractivity contribution >= 4 is 11.4 Å². The van der Waals surface area contributed by atoms with Crippen LogP contribution in [0.1, 0.15) is 39.0 Å². The van der Waals surface area contributed by atoms with Crippen molar-refractivity contribution in [2.45, 2.75) is 45.1 Å². The number of piperazine rings is 1. The Hall–Kier alpha value is -1.22. The van der Waals surface area contributed by atoms with Gasteiger partial charge in [0, 0.05) is 50.1 Å². The Bertz CT molecular complexity index is 421. The Labute approximate surface area is 129 Å². The third-order valence-electron chi connectivity index (χ3n) is 4.83. The van der Waals surface area contributed by atoms with Gasteiger partial charge in [-0.25, -0.2) is 0 Å². The van der Waals surface area contributed by atoms with Crippen LogP contribution in [0.25, 0.3) is 0 Å². The highest BCUT2D eigenvalue weighted by Crippen LogP contribution is 2.24. The van der Waals surface area contributed by atoms with Crippen molar-refractivity contribution in [3.63, 3.8) is 0 Å². The molecule has 0 saturated carbocycles. The fraction of sp³-hybridized carbons (Fsp3) is 0.667. The molecular formula is C18H29N3. The Morgan fingerprint density at radius 2 is 1.62 bits per heavy atom. The molecule has 2 aliphatic heterocycles. The molecule has 1 N–H and O–H groups in total. The molecule has 3 rings (SSSR count). The monoisotopic (exact) mass is 287 g/mol. The predicted octanol–water partition coefficient (Wildman–Crippen LogP) is 3.26. The molecular weight excluding hydrogens is 258 g/mol. The number of hydrogen-bond donors (Lipinski definition) is 1. The molecule has 3 heteroatoms. The molecule has 2 heterocycles. The first-order valence-corrected chi connectivity index (χ1v) is 8.70. The number of hydrogen-bond acceptors (Lipinski definition) is 3. The quantitative estimate of drug-likeness (QED) is 0.917. The van der Waals surface area contributed by atoms with E-state index in [0.717, 1.165) is 19.6 Å². The van der Waals surface area contributed by atoms with E-state index >= 15 is 0 Å². The summed E-state index contributed by atoms with van der Waals surface area (Å²) in [4.78, 5) is 5.07. The summed E-state index contributed by atoms with van der Waals surface area (Å²) in [5.74, 6) is 0. The minimum Gasteiger partial charge on any atom is -0.372 e. The van der Waals surface area contributed by atoms with Gasteiger partial charge in [-0.15, -0.1) is 0 Å². The molecule has 0 radical (unpaired) electrons. The molecule has 0 amide bonds. The molecule has 0 aliphatic carbocycles. The molecule has 0 aromatic heterocycles. The third kappa shape index (κ3) is 3.70. The standard InChI is InChI=1S/C18H29N3/c1-2-6-16-15-21(14-11-19-16)18-9-7-17(8-10-18)20-12-4-3-5-13-20/h7-10,16,19H,2-6,11-15H2,1H3. The van der Waals surface area contributed by atoms with E-state index in [9.17, 15) is 0 Å². The van der Waals surface area contributed by atoms with E-state index in [1.807, 2.05) is 0 Å². The summed E-state index contributed by atoms with van der Waals surface area (Å²) < 4.78 is 0. The van der Waals surface area contributed by atoms with Gasteiger partial charge in [-0.05, 0) is 49.9 Å². The zero-order chi connectivity index (χ0) is 14.5. The molecule has 1 atom stereocenters. The maximum atomic E-state index is 3.63. The molecule has 2 fully saturated rings. The van der Waals surface area contributed by atoms with E-state index in [0.29, 0.717) is 6.04 Å². The lowest BCUT2D eigenvalue weighted by Gasteiger charge is -2.36. The molecule has 116 valence electrons. The van der Waals surface area contributed by atoms with Crippen molar-refractivity contribution in [1.29, 1.82) is 0 Å². The second-order valence-corrected chi connectivity index (χ2v) is 6.45. The van der Waals surface area contributed by atoms with Crippen molar-refractivity contribution < 1.29 is 0 Å². The molecule has 2 aliphatic rings. The maximum Gasteiger partial charge on any atom is 0.0368 e. The summed E-state index contributed by atoms with van der Waals surface area (Å²) in [7, 11) is 0. The number of nitrogens with one attached hydrogen (secondary N) is 1. The molecule has 2 saturated heterocycles. The van der Waals surface area contributed by atoms with Crippen LogP contribution < -0.4 is 15.1 Å². The molecule has 3 nitrogen and oxygen atoms in total. The molecule has 21 heavy (non-hydrogen) atoms. The predicted molar refractivity (Wildman–Crippen MR) is 91.4 cm³/mol. The second kappa shape index (κ2) is 7.17. The van der Waals surface area contributed by atoms with Crippen molar-refractivity contribution in [3.8, 4) is 0 Å². The van der Waals surface area contributed by atoms with Crippen LogP contribution in [-0.2, 0) is 0 Å². The van der Waals surface area contributed by atoms with Crippen LogP contribution in [0.15, 0.2) is 24.3 Å². The molecule has 1 aromatic rings. The summed E-state index contributed by atoms with van der Waals surface area (Å²) in [5.41, 5.74) is 2.79. The summed E-state index contributed by atoms with van der Waals surface area (Å²) in [5, 5.41) is 3.63. The van der Waals surface area contributed by atoms with E-state index < -0.39 is 0 Å².